The fourth-order valence-electron chi connectivity index (χ4n) is 1.74. The summed E-state index contributed by atoms with van der Waals surface area (Å²) >= 11 is 5.73. The van der Waals surface area contributed by atoms with Gasteiger partial charge in [0, 0.05) is 26.3 Å². The van der Waals surface area contributed by atoms with Gasteiger partial charge in [0.15, 0.2) is 0 Å². The normalized spacial score (nSPS) is 21.1. The van der Waals surface area contributed by atoms with E-state index in [0.717, 1.165) is 0 Å². The van der Waals surface area contributed by atoms with Crippen LogP contribution in [0.3, 0.4) is 0 Å². The van der Waals surface area contributed by atoms with E-state index in [9.17, 15) is 4.79 Å². The number of alkyl halides is 1. The van der Waals surface area contributed by atoms with Gasteiger partial charge >= 0.3 is 0 Å². The number of hydrogen-bond acceptors (Lipinski definition) is 3. The van der Waals surface area contributed by atoms with Gasteiger partial charge in [-0.05, 0) is 6.07 Å². The van der Waals surface area contributed by atoms with Crippen molar-refractivity contribution in [2.24, 2.45) is 7.05 Å². The molecule has 16 heavy (non-hydrogen) atoms. The van der Waals surface area contributed by atoms with Gasteiger partial charge in [-0.2, -0.15) is 5.10 Å². The molecule has 0 N–H and O–H groups in total. The predicted octanol–water partition coefficient (Wildman–Crippen LogP) is 0.500. The molecule has 1 aliphatic rings. The Kier molecular flexibility index (Phi) is 3.46. The van der Waals surface area contributed by atoms with E-state index in [1.807, 2.05) is 0 Å². The molecule has 0 aromatic carbocycles. The van der Waals surface area contributed by atoms with Gasteiger partial charge in [-0.3, -0.25) is 9.48 Å². The van der Waals surface area contributed by atoms with Crippen molar-refractivity contribution in [1.29, 1.82) is 0 Å². The Morgan fingerprint density at radius 3 is 3.19 bits per heavy atom. The minimum Gasteiger partial charge on any atom is -0.373 e. The molecule has 88 valence electrons. The van der Waals surface area contributed by atoms with Crippen LogP contribution in [0.4, 0.5) is 0 Å². The van der Waals surface area contributed by atoms with Crippen LogP contribution < -0.4 is 0 Å². The highest BCUT2D eigenvalue weighted by atomic mass is 35.5. The largest absolute Gasteiger partial charge is 0.373 e. The van der Waals surface area contributed by atoms with Gasteiger partial charge in [-0.1, -0.05) is 0 Å². The van der Waals surface area contributed by atoms with Gasteiger partial charge in [0.1, 0.15) is 5.69 Å². The van der Waals surface area contributed by atoms with Crippen LogP contribution in [0.25, 0.3) is 0 Å². The van der Waals surface area contributed by atoms with Gasteiger partial charge in [0.05, 0.1) is 18.6 Å². The molecule has 0 bridgehead atoms. The van der Waals surface area contributed by atoms with Crippen molar-refractivity contribution in [3.63, 3.8) is 0 Å². The molecule has 0 radical (unpaired) electrons. The van der Waals surface area contributed by atoms with E-state index < -0.39 is 0 Å². The molecule has 2 heterocycles. The summed E-state index contributed by atoms with van der Waals surface area (Å²) in [5.41, 5.74) is 0.593. The summed E-state index contributed by atoms with van der Waals surface area (Å²) in [6, 6.07) is 1.72. The lowest BCUT2D eigenvalue weighted by Crippen LogP contribution is -2.46. The van der Waals surface area contributed by atoms with E-state index >= 15 is 0 Å². The summed E-state index contributed by atoms with van der Waals surface area (Å²) in [4.78, 5) is 13.9. The fraction of sp³-hybridized carbons (Fsp3) is 0.600. The molecule has 0 saturated carbocycles. The monoisotopic (exact) mass is 243 g/mol. The quantitative estimate of drug-likeness (QED) is 0.711. The summed E-state index contributed by atoms with van der Waals surface area (Å²) < 4.78 is 6.98. The van der Waals surface area contributed by atoms with Gasteiger partial charge in [-0.15, -0.1) is 11.6 Å². The number of carbonyl (C=O) groups excluding carboxylic acids is 1. The van der Waals surface area contributed by atoms with E-state index in [1.54, 1.807) is 28.9 Å². The third-order valence-electron chi connectivity index (χ3n) is 2.64. The highest BCUT2D eigenvalue weighted by Gasteiger charge is 2.25. The number of aromatic nitrogens is 2. The number of morpholine rings is 1. The molecule has 1 atom stereocenters. The first-order chi connectivity index (χ1) is 7.72. The Balaban J connectivity index is 2.07. The number of rotatable bonds is 2. The van der Waals surface area contributed by atoms with Crippen molar-refractivity contribution in [3.05, 3.63) is 18.0 Å². The average molecular weight is 244 g/mol. The number of ether oxygens (including phenoxy) is 1. The van der Waals surface area contributed by atoms with Crippen molar-refractivity contribution < 1.29 is 9.53 Å². The molecule has 1 aromatic heterocycles. The molecular weight excluding hydrogens is 230 g/mol. The molecule has 1 amide bonds. The van der Waals surface area contributed by atoms with E-state index in [4.69, 9.17) is 16.3 Å². The fourth-order valence-corrected chi connectivity index (χ4v) is 1.93. The molecule has 1 saturated heterocycles. The molecule has 1 aromatic rings. The van der Waals surface area contributed by atoms with Crippen LogP contribution in [-0.4, -0.2) is 52.3 Å². The van der Waals surface area contributed by atoms with Gasteiger partial charge in [0.2, 0.25) is 0 Å². The number of amides is 1. The number of nitrogens with zero attached hydrogens (tertiary/aromatic N) is 3. The van der Waals surface area contributed by atoms with E-state index in [1.165, 1.54) is 0 Å². The Morgan fingerprint density at radius 2 is 2.56 bits per heavy atom. The Bertz CT molecular complexity index is 380. The third kappa shape index (κ3) is 2.20. The lowest BCUT2D eigenvalue weighted by Gasteiger charge is -2.31. The highest BCUT2D eigenvalue weighted by Crippen LogP contribution is 2.10. The van der Waals surface area contributed by atoms with Crippen molar-refractivity contribution in [2.75, 3.05) is 25.6 Å². The van der Waals surface area contributed by atoms with Crippen LogP contribution in [0.1, 0.15) is 10.5 Å². The van der Waals surface area contributed by atoms with Crippen LogP contribution in [0.2, 0.25) is 0 Å². The van der Waals surface area contributed by atoms with E-state index in [2.05, 4.69) is 5.10 Å². The van der Waals surface area contributed by atoms with Crippen LogP contribution in [-0.2, 0) is 11.8 Å². The predicted molar refractivity (Wildman–Crippen MR) is 59.6 cm³/mol. The Labute approximate surface area is 98.9 Å². The molecule has 6 heteroatoms. The average Bonchev–Trinajstić information content (AvgIpc) is 2.74. The maximum atomic E-state index is 12.1. The molecule has 1 fully saturated rings. The van der Waals surface area contributed by atoms with Crippen LogP contribution >= 0.6 is 11.6 Å². The maximum Gasteiger partial charge on any atom is 0.272 e. The lowest BCUT2D eigenvalue weighted by molar-refractivity contribution is -0.0112. The number of hydrogen-bond donors (Lipinski definition) is 0. The first kappa shape index (κ1) is 11.4. The zero-order chi connectivity index (χ0) is 11.5. The zero-order valence-corrected chi connectivity index (χ0v) is 9.85. The molecule has 1 unspecified atom stereocenters. The molecule has 1 aliphatic heterocycles. The first-order valence-electron chi connectivity index (χ1n) is 5.17. The van der Waals surface area contributed by atoms with Crippen molar-refractivity contribution in [1.82, 2.24) is 14.7 Å². The Hall–Kier alpha value is -1.07. The molecule has 2 rings (SSSR count). The summed E-state index contributed by atoms with van der Waals surface area (Å²) in [6.07, 6.45) is 1.56. The second kappa shape index (κ2) is 4.84. The second-order valence-electron chi connectivity index (χ2n) is 3.74. The molecule has 5 nitrogen and oxygen atoms in total. The molecular formula is C10H14ClN3O2. The van der Waals surface area contributed by atoms with Crippen LogP contribution in [0, 0.1) is 0 Å². The van der Waals surface area contributed by atoms with Crippen LogP contribution in [0.15, 0.2) is 12.3 Å². The number of carbonyl (C=O) groups is 1. The zero-order valence-electron chi connectivity index (χ0n) is 9.10. The lowest BCUT2D eigenvalue weighted by atomic mass is 10.2. The van der Waals surface area contributed by atoms with Gasteiger partial charge in [0.25, 0.3) is 5.91 Å². The first-order valence-corrected chi connectivity index (χ1v) is 5.70. The van der Waals surface area contributed by atoms with E-state index in [0.29, 0.717) is 31.3 Å². The minimum atomic E-state index is -0.0624. The Morgan fingerprint density at radius 1 is 1.75 bits per heavy atom. The van der Waals surface area contributed by atoms with Crippen LogP contribution in [0.5, 0.6) is 0 Å². The van der Waals surface area contributed by atoms with Gasteiger partial charge < -0.3 is 9.64 Å². The minimum absolute atomic E-state index is 0.0154. The van der Waals surface area contributed by atoms with Crippen molar-refractivity contribution in [3.8, 4) is 0 Å². The summed E-state index contributed by atoms with van der Waals surface area (Å²) in [6.45, 7) is 1.70. The summed E-state index contributed by atoms with van der Waals surface area (Å²) in [7, 11) is 1.76. The summed E-state index contributed by atoms with van der Waals surface area (Å²) in [5.74, 6) is 0.397. The van der Waals surface area contributed by atoms with E-state index in [-0.39, 0.29) is 12.0 Å². The number of halogens is 1. The summed E-state index contributed by atoms with van der Waals surface area (Å²) in [5, 5.41) is 3.98. The standard InChI is InChI=1S/C10H14ClN3O2/c1-13-9(2-3-12-13)10(15)14-4-5-16-8(6-11)7-14/h2-3,8H,4-7H2,1H3. The molecule has 0 aliphatic carbocycles. The topological polar surface area (TPSA) is 47.4 Å². The van der Waals surface area contributed by atoms with Crippen molar-refractivity contribution >= 4 is 17.5 Å². The van der Waals surface area contributed by atoms with Crippen molar-refractivity contribution in [2.45, 2.75) is 6.10 Å². The second-order valence-corrected chi connectivity index (χ2v) is 4.05. The highest BCUT2D eigenvalue weighted by molar-refractivity contribution is 6.18. The smallest absolute Gasteiger partial charge is 0.272 e. The van der Waals surface area contributed by atoms with Gasteiger partial charge in [-0.25, -0.2) is 0 Å². The number of aryl methyl sites for hydroxylation is 1. The molecule has 0 spiro atoms. The maximum absolute atomic E-state index is 12.1. The third-order valence-corrected chi connectivity index (χ3v) is 2.98. The SMILES string of the molecule is Cn1nccc1C(=O)N1CCOC(CCl)C1.